The van der Waals surface area contributed by atoms with Gasteiger partial charge in [-0.1, -0.05) is 30.3 Å². The van der Waals surface area contributed by atoms with Gasteiger partial charge in [0.1, 0.15) is 5.69 Å². The van der Waals surface area contributed by atoms with E-state index in [1.165, 1.54) is 6.20 Å². The van der Waals surface area contributed by atoms with Crippen molar-refractivity contribution in [3.05, 3.63) is 71.4 Å². The lowest BCUT2D eigenvalue weighted by Crippen LogP contribution is -2.09. The van der Waals surface area contributed by atoms with Crippen molar-refractivity contribution < 1.29 is 0 Å². The smallest absolute Gasteiger partial charge is 0.274 e. The summed E-state index contributed by atoms with van der Waals surface area (Å²) >= 11 is 0. The second-order valence-corrected chi connectivity index (χ2v) is 4.06. The number of aromatic amines is 1. The average molecular weight is 249 g/mol. The van der Waals surface area contributed by atoms with Crippen molar-refractivity contribution in [1.29, 1.82) is 0 Å². The summed E-state index contributed by atoms with van der Waals surface area (Å²) in [6, 6.07) is 13.4. The largest absolute Gasteiger partial charge is 0.326 e. The fourth-order valence-corrected chi connectivity index (χ4v) is 1.89. The van der Waals surface area contributed by atoms with E-state index in [2.05, 4.69) is 15.0 Å². The topological polar surface area (TPSA) is 58.6 Å². The van der Waals surface area contributed by atoms with Gasteiger partial charge in [0.25, 0.3) is 5.56 Å². The van der Waals surface area contributed by atoms with Gasteiger partial charge in [-0.3, -0.25) is 9.78 Å². The minimum Gasteiger partial charge on any atom is -0.326 e. The minimum absolute atomic E-state index is 0.187. The Balaban J connectivity index is 2.01. The second kappa shape index (κ2) is 4.86. The Kier molecular flexibility index (Phi) is 2.90. The van der Waals surface area contributed by atoms with E-state index < -0.39 is 0 Å². The molecule has 0 aliphatic carbocycles. The molecule has 3 rings (SSSR count). The fourth-order valence-electron chi connectivity index (χ4n) is 1.89. The Morgan fingerprint density at radius 2 is 1.63 bits per heavy atom. The maximum absolute atomic E-state index is 11.6. The van der Waals surface area contributed by atoms with Crippen LogP contribution in [-0.2, 0) is 0 Å². The SMILES string of the molecule is O=c1[nH]ccnc1-c1ccc(-c2ccccn2)cc1. The van der Waals surface area contributed by atoms with Crippen molar-refractivity contribution in [3.63, 3.8) is 0 Å². The lowest BCUT2D eigenvalue weighted by molar-refractivity contribution is 1.14. The Hall–Kier alpha value is -2.75. The molecular formula is C15H11N3O. The molecule has 0 amide bonds. The summed E-state index contributed by atoms with van der Waals surface area (Å²) < 4.78 is 0. The van der Waals surface area contributed by atoms with Crippen LogP contribution in [-0.4, -0.2) is 15.0 Å². The molecule has 1 aromatic carbocycles. The molecule has 0 aliphatic rings. The predicted molar refractivity (Wildman–Crippen MR) is 73.5 cm³/mol. The number of benzene rings is 1. The molecule has 0 saturated carbocycles. The third-order valence-electron chi connectivity index (χ3n) is 2.83. The zero-order valence-corrected chi connectivity index (χ0v) is 10.1. The molecule has 0 atom stereocenters. The lowest BCUT2D eigenvalue weighted by Gasteiger charge is -2.02. The van der Waals surface area contributed by atoms with E-state index >= 15 is 0 Å². The number of rotatable bonds is 2. The number of aromatic nitrogens is 3. The standard InChI is InChI=1S/C15H11N3O/c19-15-14(17-9-10-18-15)12-6-4-11(5-7-12)13-3-1-2-8-16-13/h1-10H,(H,18,19). The zero-order valence-electron chi connectivity index (χ0n) is 10.1. The van der Waals surface area contributed by atoms with Crippen LogP contribution in [0, 0.1) is 0 Å². The predicted octanol–water partition coefficient (Wildman–Crippen LogP) is 2.50. The van der Waals surface area contributed by atoms with Gasteiger partial charge in [-0.05, 0) is 12.1 Å². The van der Waals surface area contributed by atoms with E-state index in [1.54, 1.807) is 12.4 Å². The van der Waals surface area contributed by atoms with Crippen LogP contribution in [0.5, 0.6) is 0 Å². The normalized spacial score (nSPS) is 10.3. The minimum atomic E-state index is -0.187. The molecule has 0 fully saturated rings. The molecule has 92 valence electrons. The van der Waals surface area contributed by atoms with Gasteiger partial charge in [0.2, 0.25) is 0 Å². The summed E-state index contributed by atoms with van der Waals surface area (Å²) in [4.78, 5) is 22.6. The summed E-state index contributed by atoms with van der Waals surface area (Å²) in [5, 5.41) is 0. The van der Waals surface area contributed by atoms with E-state index in [0.29, 0.717) is 5.69 Å². The van der Waals surface area contributed by atoms with Gasteiger partial charge in [-0.2, -0.15) is 0 Å². The highest BCUT2D eigenvalue weighted by Gasteiger charge is 2.04. The molecule has 2 aromatic heterocycles. The molecule has 0 radical (unpaired) electrons. The molecule has 0 aliphatic heterocycles. The van der Waals surface area contributed by atoms with Gasteiger partial charge >= 0.3 is 0 Å². The van der Waals surface area contributed by atoms with Crippen LogP contribution in [0.25, 0.3) is 22.5 Å². The molecule has 0 saturated heterocycles. The quantitative estimate of drug-likeness (QED) is 0.759. The third-order valence-corrected chi connectivity index (χ3v) is 2.83. The Bertz CT molecular complexity index is 733. The number of nitrogens with one attached hydrogen (secondary N) is 1. The highest BCUT2D eigenvalue weighted by atomic mass is 16.1. The number of hydrogen-bond donors (Lipinski definition) is 1. The highest BCUT2D eigenvalue weighted by Crippen LogP contribution is 2.20. The number of pyridine rings is 1. The van der Waals surface area contributed by atoms with E-state index in [1.807, 2.05) is 42.5 Å². The maximum atomic E-state index is 11.6. The lowest BCUT2D eigenvalue weighted by atomic mass is 10.1. The number of H-pyrrole nitrogens is 1. The molecular weight excluding hydrogens is 238 g/mol. The first-order chi connectivity index (χ1) is 9.34. The van der Waals surface area contributed by atoms with Gasteiger partial charge < -0.3 is 4.98 Å². The van der Waals surface area contributed by atoms with E-state index in [9.17, 15) is 4.79 Å². The summed E-state index contributed by atoms with van der Waals surface area (Å²) in [6.45, 7) is 0. The molecule has 0 spiro atoms. The molecule has 2 heterocycles. The summed E-state index contributed by atoms with van der Waals surface area (Å²) in [7, 11) is 0. The van der Waals surface area contributed by atoms with E-state index in [-0.39, 0.29) is 5.56 Å². The summed E-state index contributed by atoms with van der Waals surface area (Å²) in [5.74, 6) is 0. The maximum Gasteiger partial charge on any atom is 0.274 e. The number of nitrogens with zero attached hydrogens (tertiary/aromatic N) is 2. The van der Waals surface area contributed by atoms with Gasteiger partial charge in [0.05, 0.1) is 5.69 Å². The summed E-state index contributed by atoms with van der Waals surface area (Å²) in [5.41, 5.74) is 2.95. The molecule has 1 N–H and O–H groups in total. The third kappa shape index (κ3) is 2.28. The van der Waals surface area contributed by atoms with Crippen LogP contribution in [0.1, 0.15) is 0 Å². The van der Waals surface area contributed by atoms with Crippen LogP contribution >= 0.6 is 0 Å². The molecule has 0 unspecified atom stereocenters. The van der Waals surface area contributed by atoms with Gasteiger partial charge in [0.15, 0.2) is 0 Å². The Morgan fingerprint density at radius 1 is 0.842 bits per heavy atom. The van der Waals surface area contributed by atoms with Crippen LogP contribution in [0.4, 0.5) is 0 Å². The van der Waals surface area contributed by atoms with Crippen LogP contribution in [0.15, 0.2) is 65.8 Å². The van der Waals surface area contributed by atoms with Crippen LogP contribution in [0.3, 0.4) is 0 Å². The van der Waals surface area contributed by atoms with Crippen LogP contribution in [0.2, 0.25) is 0 Å². The Morgan fingerprint density at radius 3 is 2.32 bits per heavy atom. The van der Waals surface area contributed by atoms with Crippen molar-refractivity contribution in [2.24, 2.45) is 0 Å². The molecule has 4 heteroatoms. The van der Waals surface area contributed by atoms with E-state index in [0.717, 1.165) is 16.8 Å². The first kappa shape index (κ1) is 11.3. The fraction of sp³-hybridized carbons (Fsp3) is 0. The second-order valence-electron chi connectivity index (χ2n) is 4.06. The monoisotopic (exact) mass is 249 g/mol. The number of hydrogen-bond acceptors (Lipinski definition) is 3. The zero-order chi connectivity index (χ0) is 13.1. The van der Waals surface area contributed by atoms with Crippen molar-refractivity contribution >= 4 is 0 Å². The molecule has 19 heavy (non-hydrogen) atoms. The average Bonchev–Trinajstić information content (AvgIpc) is 2.49. The molecule has 4 nitrogen and oxygen atoms in total. The van der Waals surface area contributed by atoms with Gasteiger partial charge in [-0.25, -0.2) is 4.98 Å². The molecule has 3 aromatic rings. The van der Waals surface area contributed by atoms with Gasteiger partial charge in [-0.15, -0.1) is 0 Å². The van der Waals surface area contributed by atoms with Crippen molar-refractivity contribution in [2.45, 2.75) is 0 Å². The van der Waals surface area contributed by atoms with Gasteiger partial charge in [0, 0.05) is 29.7 Å². The van der Waals surface area contributed by atoms with E-state index in [4.69, 9.17) is 0 Å². The van der Waals surface area contributed by atoms with Crippen molar-refractivity contribution in [2.75, 3.05) is 0 Å². The first-order valence-corrected chi connectivity index (χ1v) is 5.90. The highest BCUT2D eigenvalue weighted by molar-refractivity contribution is 5.65. The molecule has 0 bridgehead atoms. The summed E-state index contributed by atoms with van der Waals surface area (Å²) in [6.07, 6.45) is 4.85. The Labute approximate surface area is 109 Å². The van der Waals surface area contributed by atoms with Crippen molar-refractivity contribution in [1.82, 2.24) is 15.0 Å². The van der Waals surface area contributed by atoms with Crippen molar-refractivity contribution in [3.8, 4) is 22.5 Å². The first-order valence-electron chi connectivity index (χ1n) is 5.90. The van der Waals surface area contributed by atoms with Crippen LogP contribution < -0.4 is 5.56 Å².